The van der Waals surface area contributed by atoms with Crippen LogP contribution in [0, 0.1) is 0 Å². The molecule has 0 saturated carbocycles. The first-order chi connectivity index (χ1) is 27.7. The van der Waals surface area contributed by atoms with Gasteiger partial charge in [-0.05, 0) is 120 Å². The molecule has 0 atom stereocenters. The van der Waals surface area contributed by atoms with Crippen molar-refractivity contribution in [3.8, 4) is 33.4 Å². The minimum atomic E-state index is 1.11. The maximum atomic E-state index is 2.36. The Kier molecular flexibility index (Phi) is 7.75. The molecule has 11 rings (SSSR count). The summed E-state index contributed by atoms with van der Waals surface area (Å²) in [7, 11) is 0. The summed E-state index contributed by atoms with van der Waals surface area (Å²) < 4.78 is 2.65. The molecule has 0 amide bonds. The van der Waals surface area contributed by atoms with Gasteiger partial charge in [-0.15, -0.1) is 11.3 Å². The van der Waals surface area contributed by atoms with Crippen LogP contribution in [0.3, 0.4) is 0 Å². The van der Waals surface area contributed by atoms with Crippen LogP contribution in [0.5, 0.6) is 0 Å². The van der Waals surface area contributed by atoms with Gasteiger partial charge in [0.1, 0.15) is 0 Å². The first kappa shape index (κ1) is 32.4. The molecule has 56 heavy (non-hydrogen) atoms. The van der Waals surface area contributed by atoms with E-state index in [0.29, 0.717) is 0 Å². The lowest BCUT2D eigenvalue weighted by molar-refractivity contribution is 1.28. The van der Waals surface area contributed by atoms with Gasteiger partial charge in [-0.25, -0.2) is 0 Å². The van der Waals surface area contributed by atoms with Gasteiger partial charge in [0.2, 0.25) is 0 Å². The zero-order valence-corrected chi connectivity index (χ0v) is 31.4. The van der Waals surface area contributed by atoms with Gasteiger partial charge in [-0.1, -0.05) is 158 Å². The molecule has 0 saturated heterocycles. The molecule has 0 radical (unpaired) electrons. The quantitative estimate of drug-likeness (QED) is 0.154. The number of nitrogens with zero attached hydrogens (tertiary/aromatic N) is 1. The van der Waals surface area contributed by atoms with E-state index in [0.717, 1.165) is 17.1 Å². The number of benzene rings is 10. The van der Waals surface area contributed by atoms with Crippen LogP contribution >= 0.6 is 11.3 Å². The van der Waals surface area contributed by atoms with Crippen LogP contribution in [0.25, 0.3) is 85.9 Å². The van der Waals surface area contributed by atoms with Crippen molar-refractivity contribution in [1.82, 2.24) is 0 Å². The molecule has 0 fully saturated rings. The molecule has 0 aliphatic heterocycles. The number of hydrogen-bond acceptors (Lipinski definition) is 2. The van der Waals surface area contributed by atoms with Gasteiger partial charge in [-0.3, -0.25) is 0 Å². The monoisotopic (exact) mass is 729 g/mol. The molecule has 2 heteroatoms. The SMILES string of the molecule is c1ccc(-c2ccc(N(c3ccc(-c4ccc5ccc6c7ccccc7ccc6c5c4)cc3)c3ccc(-c4cccc5sc6ccccc6c45)cc3)cc2)cc1. The van der Waals surface area contributed by atoms with E-state index in [1.807, 2.05) is 11.3 Å². The molecule has 262 valence electrons. The Morgan fingerprint density at radius 3 is 1.50 bits per heavy atom. The third kappa shape index (κ3) is 5.54. The van der Waals surface area contributed by atoms with E-state index in [2.05, 4.69) is 217 Å². The van der Waals surface area contributed by atoms with Gasteiger partial charge in [0.05, 0.1) is 0 Å². The Morgan fingerprint density at radius 1 is 0.286 bits per heavy atom. The summed E-state index contributed by atoms with van der Waals surface area (Å²) in [6.45, 7) is 0. The van der Waals surface area contributed by atoms with E-state index in [4.69, 9.17) is 0 Å². The third-order valence-electron chi connectivity index (χ3n) is 11.3. The van der Waals surface area contributed by atoms with Gasteiger partial charge in [0.25, 0.3) is 0 Å². The van der Waals surface area contributed by atoms with Crippen LogP contribution < -0.4 is 4.90 Å². The second-order valence-corrected chi connectivity index (χ2v) is 15.6. The predicted octanol–water partition coefficient (Wildman–Crippen LogP) is 16.0. The summed E-state index contributed by atoms with van der Waals surface area (Å²) in [5.74, 6) is 0. The summed E-state index contributed by atoms with van der Waals surface area (Å²) in [5.41, 5.74) is 10.6. The topological polar surface area (TPSA) is 3.24 Å². The minimum Gasteiger partial charge on any atom is -0.311 e. The van der Waals surface area contributed by atoms with E-state index in [-0.39, 0.29) is 0 Å². The second-order valence-electron chi connectivity index (χ2n) is 14.5. The van der Waals surface area contributed by atoms with Crippen LogP contribution in [-0.2, 0) is 0 Å². The zero-order valence-electron chi connectivity index (χ0n) is 30.6. The first-order valence-electron chi connectivity index (χ1n) is 19.2. The summed E-state index contributed by atoms with van der Waals surface area (Å²) in [6.07, 6.45) is 0. The molecule has 10 aromatic carbocycles. The Morgan fingerprint density at radius 2 is 0.786 bits per heavy atom. The van der Waals surface area contributed by atoms with E-state index < -0.39 is 0 Å². The highest BCUT2D eigenvalue weighted by Crippen LogP contribution is 2.42. The molecule has 1 nitrogen and oxygen atoms in total. The zero-order chi connectivity index (χ0) is 37.0. The minimum absolute atomic E-state index is 1.11. The van der Waals surface area contributed by atoms with Crippen molar-refractivity contribution in [3.05, 3.63) is 212 Å². The van der Waals surface area contributed by atoms with Crippen molar-refractivity contribution in [2.75, 3.05) is 4.90 Å². The van der Waals surface area contributed by atoms with E-state index >= 15 is 0 Å². The average Bonchev–Trinajstić information content (AvgIpc) is 3.66. The number of anilines is 3. The number of thiophene rings is 1. The van der Waals surface area contributed by atoms with Gasteiger partial charge < -0.3 is 4.90 Å². The highest BCUT2D eigenvalue weighted by molar-refractivity contribution is 7.25. The summed E-state index contributed by atoms with van der Waals surface area (Å²) in [5, 5.41) is 10.3. The van der Waals surface area contributed by atoms with Crippen LogP contribution in [0.2, 0.25) is 0 Å². The van der Waals surface area contributed by atoms with Gasteiger partial charge in [0, 0.05) is 37.2 Å². The molecule has 0 aliphatic carbocycles. The maximum Gasteiger partial charge on any atom is 0.0462 e. The predicted molar refractivity (Wildman–Crippen MR) is 243 cm³/mol. The van der Waals surface area contributed by atoms with Gasteiger partial charge in [0.15, 0.2) is 0 Å². The van der Waals surface area contributed by atoms with Crippen molar-refractivity contribution in [1.29, 1.82) is 0 Å². The lowest BCUT2D eigenvalue weighted by Crippen LogP contribution is -2.09. The number of rotatable bonds is 6. The summed E-state index contributed by atoms with van der Waals surface area (Å²) in [6, 6.07) is 77.7. The van der Waals surface area contributed by atoms with Crippen molar-refractivity contribution < 1.29 is 0 Å². The lowest BCUT2D eigenvalue weighted by Gasteiger charge is -2.26. The Bertz CT molecular complexity index is 3210. The van der Waals surface area contributed by atoms with Crippen molar-refractivity contribution >= 4 is 80.9 Å². The number of hydrogen-bond donors (Lipinski definition) is 0. The lowest BCUT2D eigenvalue weighted by atomic mass is 9.94. The fraction of sp³-hybridized carbons (Fsp3) is 0. The fourth-order valence-corrected chi connectivity index (χ4v) is 9.62. The Balaban J connectivity index is 0.989. The van der Waals surface area contributed by atoms with Crippen molar-refractivity contribution in [3.63, 3.8) is 0 Å². The average molecular weight is 730 g/mol. The normalized spacial score (nSPS) is 11.6. The molecule has 0 aliphatic rings. The molecular weight excluding hydrogens is 695 g/mol. The molecule has 0 bridgehead atoms. The maximum absolute atomic E-state index is 2.36. The van der Waals surface area contributed by atoms with E-state index in [1.165, 1.54) is 85.9 Å². The van der Waals surface area contributed by atoms with Crippen LogP contribution in [0.1, 0.15) is 0 Å². The van der Waals surface area contributed by atoms with Crippen molar-refractivity contribution in [2.45, 2.75) is 0 Å². The first-order valence-corrected chi connectivity index (χ1v) is 20.0. The Hall–Kier alpha value is -7.00. The summed E-state index contributed by atoms with van der Waals surface area (Å²) >= 11 is 1.86. The molecule has 11 aromatic rings. The summed E-state index contributed by atoms with van der Waals surface area (Å²) in [4.78, 5) is 2.36. The van der Waals surface area contributed by atoms with E-state index in [9.17, 15) is 0 Å². The van der Waals surface area contributed by atoms with Gasteiger partial charge in [-0.2, -0.15) is 0 Å². The molecule has 0 N–H and O–H groups in total. The fourth-order valence-electron chi connectivity index (χ4n) is 8.49. The molecule has 0 spiro atoms. The smallest absolute Gasteiger partial charge is 0.0462 e. The Labute approximate surface area is 330 Å². The molecule has 0 unspecified atom stereocenters. The van der Waals surface area contributed by atoms with E-state index in [1.54, 1.807) is 0 Å². The standard InChI is InChI=1S/C54H35NS/c1-2-9-36(10-3-1)37-19-27-43(28-20-37)55(45-31-23-40(24-32-45)47-14-8-16-53-54(47)50-13-6-7-15-52(50)56-53)44-29-21-38(22-30-44)42-18-17-41-26-33-48-46-12-5-4-11-39(46)25-34-49(48)51(41)35-42/h1-35H. The highest BCUT2D eigenvalue weighted by Gasteiger charge is 2.16. The molecule has 1 heterocycles. The largest absolute Gasteiger partial charge is 0.311 e. The van der Waals surface area contributed by atoms with Crippen molar-refractivity contribution in [2.24, 2.45) is 0 Å². The third-order valence-corrected chi connectivity index (χ3v) is 12.4. The molecule has 1 aromatic heterocycles. The second kappa shape index (κ2) is 13.4. The highest BCUT2D eigenvalue weighted by atomic mass is 32.1. The van der Waals surface area contributed by atoms with Crippen LogP contribution in [0.15, 0.2) is 212 Å². The number of fused-ring (bicyclic) bond motifs is 8. The van der Waals surface area contributed by atoms with Gasteiger partial charge >= 0.3 is 0 Å². The van der Waals surface area contributed by atoms with Crippen LogP contribution in [0.4, 0.5) is 17.1 Å². The molecular formula is C54H35NS. The van der Waals surface area contributed by atoms with Crippen LogP contribution in [-0.4, -0.2) is 0 Å².